The molecule has 0 heterocycles. The van der Waals surface area contributed by atoms with Gasteiger partial charge >= 0.3 is 0 Å². The summed E-state index contributed by atoms with van der Waals surface area (Å²) in [4.78, 5) is 24.0. The summed E-state index contributed by atoms with van der Waals surface area (Å²) in [7, 11) is 0. The summed E-state index contributed by atoms with van der Waals surface area (Å²) in [5.74, 6) is 0.975. The van der Waals surface area contributed by atoms with E-state index in [9.17, 15) is 14.7 Å². The van der Waals surface area contributed by atoms with E-state index in [0.29, 0.717) is 24.7 Å². The number of aliphatic hydroxyl groups is 1. The largest absolute Gasteiger partial charge is 0.381 e. The van der Waals surface area contributed by atoms with E-state index in [0.717, 1.165) is 32.1 Å². The Bertz CT molecular complexity index is 687. The molecule has 0 aliphatic heterocycles. The summed E-state index contributed by atoms with van der Waals surface area (Å²) in [6, 6.07) is 0. The van der Waals surface area contributed by atoms with Crippen LogP contribution in [-0.2, 0) is 9.59 Å². The minimum absolute atomic E-state index is 0.0718. The summed E-state index contributed by atoms with van der Waals surface area (Å²) in [6.45, 7) is 6.00. The Labute approximate surface area is 144 Å². The Hall–Kier alpha value is -1.22. The lowest BCUT2D eigenvalue weighted by Crippen LogP contribution is -2.54. The Morgan fingerprint density at radius 1 is 1.17 bits per heavy atom. The van der Waals surface area contributed by atoms with Crippen molar-refractivity contribution in [2.75, 3.05) is 0 Å². The molecule has 24 heavy (non-hydrogen) atoms. The van der Waals surface area contributed by atoms with Crippen molar-refractivity contribution in [3.05, 3.63) is 23.3 Å². The van der Waals surface area contributed by atoms with Gasteiger partial charge in [-0.2, -0.15) is 0 Å². The molecule has 2 saturated carbocycles. The zero-order chi connectivity index (χ0) is 17.3. The van der Waals surface area contributed by atoms with Crippen LogP contribution in [0.25, 0.3) is 0 Å². The number of hydrogen-bond acceptors (Lipinski definition) is 3. The Balaban J connectivity index is 1.76. The third-order valence-electron chi connectivity index (χ3n) is 8.13. The molecular weight excluding hydrogens is 300 g/mol. The molecule has 1 N–H and O–H groups in total. The van der Waals surface area contributed by atoms with E-state index < -0.39 is 5.60 Å². The number of carbonyl (C=O) groups is 2. The highest BCUT2D eigenvalue weighted by Crippen LogP contribution is 2.66. The first-order chi connectivity index (χ1) is 11.2. The Morgan fingerprint density at radius 2 is 1.88 bits per heavy atom. The van der Waals surface area contributed by atoms with Crippen LogP contribution in [0.3, 0.4) is 0 Å². The van der Waals surface area contributed by atoms with Gasteiger partial charge in [-0.1, -0.05) is 31.1 Å². The molecule has 2 fully saturated rings. The van der Waals surface area contributed by atoms with Crippen molar-refractivity contribution in [3.63, 3.8) is 0 Å². The molecule has 0 radical (unpaired) electrons. The topological polar surface area (TPSA) is 54.4 Å². The van der Waals surface area contributed by atoms with E-state index >= 15 is 0 Å². The predicted octanol–water partition coefficient (Wildman–Crippen LogP) is 3.76. The van der Waals surface area contributed by atoms with Gasteiger partial charge in [-0.3, -0.25) is 9.59 Å². The standard InChI is InChI=1S/C21H28O3/c1-13(22)21(24)11-8-18-16-5-4-14-12-15(23)6-9-19(14,2)17(16)7-10-20(18,21)3/h5,12,17-18,24H,4,6-11H2,1-3H3. The van der Waals surface area contributed by atoms with Gasteiger partial charge in [0.05, 0.1) is 0 Å². The lowest BCUT2D eigenvalue weighted by molar-refractivity contribution is -0.151. The fraction of sp³-hybridized carbons (Fsp3) is 0.714. The van der Waals surface area contributed by atoms with Crippen LogP contribution >= 0.6 is 0 Å². The van der Waals surface area contributed by atoms with Gasteiger partial charge in [0, 0.05) is 11.8 Å². The molecule has 4 aliphatic carbocycles. The van der Waals surface area contributed by atoms with Crippen molar-refractivity contribution in [3.8, 4) is 0 Å². The van der Waals surface area contributed by atoms with Crippen molar-refractivity contribution < 1.29 is 14.7 Å². The molecule has 0 aromatic heterocycles. The van der Waals surface area contributed by atoms with Crippen molar-refractivity contribution in [2.45, 2.75) is 71.3 Å². The average Bonchev–Trinajstić information content (AvgIpc) is 2.81. The molecule has 0 bridgehead atoms. The minimum Gasteiger partial charge on any atom is -0.381 e. The number of Topliss-reactive ketones (excluding diaryl/α,β-unsaturated/α-hetero) is 1. The van der Waals surface area contributed by atoms with E-state index in [2.05, 4.69) is 19.9 Å². The molecular formula is C21H28O3. The van der Waals surface area contributed by atoms with Gasteiger partial charge in [0.1, 0.15) is 5.60 Å². The van der Waals surface area contributed by atoms with E-state index in [1.54, 1.807) is 6.92 Å². The van der Waals surface area contributed by atoms with Crippen LogP contribution in [-0.4, -0.2) is 22.3 Å². The fourth-order valence-electron chi connectivity index (χ4n) is 6.46. The van der Waals surface area contributed by atoms with Crippen molar-refractivity contribution in [1.82, 2.24) is 0 Å². The molecule has 4 aliphatic rings. The van der Waals surface area contributed by atoms with Gasteiger partial charge in [0.15, 0.2) is 11.6 Å². The second-order valence-electron chi connectivity index (χ2n) is 8.98. The minimum atomic E-state index is -1.16. The Kier molecular flexibility index (Phi) is 3.32. The first kappa shape index (κ1) is 16.3. The second kappa shape index (κ2) is 4.91. The van der Waals surface area contributed by atoms with Gasteiger partial charge in [0.2, 0.25) is 0 Å². The van der Waals surface area contributed by atoms with Crippen LogP contribution in [0.2, 0.25) is 0 Å². The van der Waals surface area contributed by atoms with Gasteiger partial charge in [-0.05, 0) is 68.8 Å². The average molecular weight is 328 g/mol. The lowest BCUT2D eigenvalue weighted by atomic mass is 9.49. The van der Waals surface area contributed by atoms with Gasteiger partial charge in [-0.25, -0.2) is 0 Å². The van der Waals surface area contributed by atoms with Crippen LogP contribution in [0.4, 0.5) is 0 Å². The highest BCUT2D eigenvalue weighted by molar-refractivity contribution is 5.92. The second-order valence-corrected chi connectivity index (χ2v) is 8.98. The van der Waals surface area contributed by atoms with Crippen molar-refractivity contribution >= 4 is 11.6 Å². The third-order valence-corrected chi connectivity index (χ3v) is 8.13. The zero-order valence-electron chi connectivity index (χ0n) is 15.0. The monoisotopic (exact) mass is 328 g/mol. The molecule has 5 atom stereocenters. The maximum absolute atomic E-state index is 12.2. The van der Waals surface area contributed by atoms with Gasteiger partial charge < -0.3 is 5.11 Å². The summed E-state index contributed by atoms with van der Waals surface area (Å²) >= 11 is 0. The van der Waals surface area contributed by atoms with E-state index in [-0.39, 0.29) is 22.4 Å². The quantitative estimate of drug-likeness (QED) is 0.746. The maximum atomic E-state index is 12.2. The summed E-state index contributed by atoms with van der Waals surface area (Å²) in [5, 5.41) is 11.1. The number of hydrogen-bond donors (Lipinski definition) is 1. The summed E-state index contributed by atoms with van der Waals surface area (Å²) in [6.07, 6.45) is 10.1. The molecule has 3 heteroatoms. The molecule has 0 spiro atoms. The van der Waals surface area contributed by atoms with Crippen LogP contribution < -0.4 is 0 Å². The molecule has 0 amide bonds. The summed E-state index contributed by atoms with van der Waals surface area (Å²) in [5.41, 5.74) is 1.37. The van der Waals surface area contributed by atoms with Crippen LogP contribution in [0.1, 0.15) is 65.7 Å². The molecule has 0 aromatic carbocycles. The number of allylic oxidation sites excluding steroid dienone is 4. The van der Waals surface area contributed by atoms with E-state index in [1.807, 2.05) is 6.08 Å². The Morgan fingerprint density at radius 3 is 2.58 bits per heavy atom. The number of rotatable bonds is 1. The smallest absolute Gasteiger partial charge is 0.161 e. The molecule has 0 saturated heterocycles. The highest BCUT2D eigenvalue weighted by Gasteiger charge is 2.63. The number of ketones is 2. The third kappa shape index (κ3) is 1.82. The molecule has 0 aromatic rings. The first-order valence-corrected chi connectivity index (χ1v) is 9.40. The van der Waals surface area contributed by atoms with Crippen molar-refractivity contribution in [1.29, 1.82) is 0 Å². The van der Waals surface area contributed by atoms with E-state index in [4.69, 9.17) is 0 Å². The van der Waals surface area contributed by atoms with Crippen LogP contribution in [0.5, 0.6) is 0 Å². The SMILES string of the molecule is CC(=O)C1(O)CCC2C3=CCC4=CC(=O)CCC4(C)C3CCC21C. The predicted molar refractivity (Wildman–Crippen MR) is 92.3 cm³/mol. The lowest BCUT2D eigenvalue weighted by Gasteiger charge is -2.55. The van der Waals surface area contributed by atoms with E-state index in [1.165, 1.54) is 11.1 Å². The normalized spacial score (nSPS) is 47.2. The molecule has 5 unspecified atom stereocenters. The maximum Gasteiger partial charge on any atom is 0.161 e. The van der Waals surface area contributed by atoms with Crippen LogP contribution in [0, 0.1) is 22.7 Å². The number of carbonyl (C=O) groups excluding carboxylic acids is 2. The molecule has 3 nitrogen and oxygen atoms in total. The molecule has 4 rings (SSSR count). The first-order valence-electron chi connectivity index (χ1n) is 9.40. The zero-order valence-corrected chi connectivity index (χ0v) is 15.0. The highest BCUT2D eigenvalue weighted by atomic mass is 16.3. The fourth-order valence-corrected chi connectivity index (χ4v) is 6.46. The van der Waals surface area contributed by atoms with Gasteiger partial charge in [0.25, 0.3) is 0 Å². The van der Waals surface area contributed by atoms with Crippen LogP contribution in [0.15, 0.2) is 23.3 Å². The van der Waals surface area contributed by atoms with Gasteiger partial charge in [-0.15, -0.1) is 0 Å². The van der Waals surface area contributed by atoms with Crippen molar-refractivity contribution in [2.24, 2.45) is 22.7 Å². The summed E-state index contributed by atoms with van der Waals surface area (Å²) < 4.78 is 0. The number of fused-ring (bicyclic) bond motifs is 5. The molecule has 130 valence electrons.